The van der Waals surface area contributed by atoms with Crippen LogP contribution in [0.3, 0.4) is 0 Å². The molecular formula is C15H29N5S. The molecule has 0 saturated carbocycles. The molecule has 120 valence electrons. The first kappa shape index (κ1) is 17.9. The predicted octanol–water partition coefficient (Wildman–Crippen LogP) is 2.01. The van der Waals surface area contributed by atoms with Crippen LogP contribution in [0, 0.1) is 19.3 Å². The lowest BCUT2D eigenvalue weighted by Gasteiger charge is -2.29. The van der Waals surface area contributed by atoms with Gasteiger partial charge in [0, 0.05) is 25.0 Å². The Kier molecular flexibility index (Phi) is 6.61. The summed E-state index contributed by atoms with van der Waals surface area (Å²) in [6.45, 7) is 11.3. The number of aromatic nitrogens is 1. The molecule has 2 N–H and O–H groups in total. The third-order valence-corrected chi connectivity index (χ3v) is 4.25. The Morgan fingerprint density at radius 2 is 1.95 bits per heavy atom. The van der Waals surface area contributed by atoms with Crippen LogP contribution in [0.2, 0.25) is 0 Å². The molecule has 0 fully saturated rings. The van der Waals surface area contributed by atoms with Crippen molar-refractivity contribution < 1.29 is 0 Å². The maximum atomic E-state index is 4.53. The van der Waals surface area contributed by atoms with E-state index in [2.05, 4.69) is 60.4 Å². The van der Waals surface area contributed by atoms with Gasteiger partial charge < -0.3 is 15.5 Å². The summed E-state index contributed by atoms with van der Waals surface area (Å²) in [6, 6.07) is 0. The second-order valence-electron chi connectivity index (χ2n) is 6.43. The fourth-order valence-corrected chi connectivity index (χ4v) is 3.10. The Balaban J connectivity index is 2.45. The molecule has 1 heterocycles. The van der Waals surface area contributed by atoms with Crippen LogP contribution in [0.1, 0.15) is 29.4 Å². The van der Waals surface area contributed by atoms with Gasteiger partial charge in [-0.2, -0.15) is 0 Å². The molecule has 0 bridgehead atoms. The molecule has 21 heavy (non-hydrogen) atoms. The van der Waals surface area contributed by atoms with Gasteiger partial charge in [-0.3, -0.25) is 4.99 Å². The number of rotatable bonds is 6. The van der Waals surface area contributed by atoms with E-state index < -0.39 is 0 Å². The van der Waals surface area contributed by atoms with E-state index in [9.17, 15) is 0 Å². The van der Waals surface area contributed by atoms with Gasteiger partial charge >= 0.3 is 0 Å². The first-order valence-electron chi connectivity index (χ1n) is 7.25. The van der Waals surface area contributed by atoms with Gasteiger partial charge in [-0.1, -0.05) is 13.8 Å². The molecule has 0 amide bonds. The van der Waals surface area contributed by atoms with E-state index in [-0.39, 0.29) is 5.41 Å². The number of aliphatic imine (C=N–C) groups is 1. The van der Waals surface area contributed by atoms with E-state index >= 15 is 0 Å². The van der Waals surface area contributed by atoms with Crippen molar-refractivity contribution in [3.05, 3.63) is 15.6 Å². The summed E-state index contributed by atoms with van der Waals surface area (Å²) in [5.41, 5.74) is 1.31. The van der Waals surface area contributed by atoms with Crippen LogP contribution in [-0.2, 0) is 6.54 Å². The fraction of sp³-hybridized carbons (Fsp3) is 0.733. The molecule has 0 aliphatic carbocycles. The minimum absolute atomic E-state index is 0.190. The number of guanidine groups is 1. The van der Waals surface area contributed by atoms with Crippen LogP contribution in [-0.4, -0.2) is 50.1 Å². The molecule has 0 spiro atoms. The van der Waals surface area contributed by atoms with Crippen molar-refractivity contribution in [1.82, 2.24) is 20.5 Å². The third-order valence-electron chi connectivity index (χ3n) is 3.18. The zero-order valence-electron chi connectivity index (χ0n) is 14.4. The Morgan fingerprint density at radius 1 is 1.29 bits per heavy atom. The second kappa shape index (κ2) is 7.75. The number of hydrogen-bond donors (Lipinski definition) is 2. The molecule has 6 heteroatoms. The molecule has 1 aromatic rings. The van der Waals surface area contributed by atoms with Crippen molar-refractivity contribution in [3.8, 4) is 0 Å². The summed E-state index contributed by atoms with van der Waals surface area (Å²) < 4.78 is 0. The number of nitrogens with zero attached hydrogens (tertiary/aromatic N) is 3. The van der Waals surface area contributed by atoms with E-state index in [0.29, 0.717) is 6.54 Å². The zero-order valence-corrected chi connectivity index (χ0v) is 15.2. The maximum Gasteiger partial charge on any atom is 0.191 e. The number of nitrogens with one attached hydrogen (secondary N) is 2. The average molecular weight is 311 g/mol. The molecule has 0 saturated heterocycles. The summed E-state index contributed by atoms with van der Waals surface area (Å²) >= 11 is 1.74. The average Bonchev–Trinajstić information content (AvgIpc) is 2.67. The highest BCUT2D eigenvalue weighted by molar-refractivity contribution is 7.11. The minimum Gasteiger partial charge on any atom is -0.356 e. The highest BCUT2D eigenvalue weighted by atomic mass is 32.1. The van der Waals surface area contributed by atoms with Crippen molar-refractivity contribution in [1.29, 1.82) is 0 Å². The van der Waals surface area contributed by atoms with Gasteiger partial charge in [0.25, 0.3) is 0 Å². The quantitative estimate of drug-likeness (QED) is 0.623. The van der Waals surface area contributed by atoms with E-state index in [1.165, 1.54) is 4.88 Å². The molecular weight excluding hydrogens is 282 g/mol. The molecule has 1 rings (SSSR count). The lowest BCUT2D eigenvalue weighted by atomic mass is 9.93. The Hall–Kier alpha value is -1.14. The highest BCUT2D eigenvalue weighted by Gasteiger charge is 2.19. The van der Waals surface area contributed by atoms with Crippen LogP contribution in [0.25, 0.3) is 0 Å². The van der Waals surface area contributed by atoms with Gasteiger partial charge in [0.15, 0.2) is 5.96 Å². The predicted molar refractivity (Wildman–Crippen MR) is 92.1 cm³/mol. The van der Waals surface area contributed by atoms with Crippen LogP contribution in [0.15, 0.2) is 4.99 Å². The number of hydrogen-bond acceptors (Lipinski definition) is 4. The molecule has 0 atom stereocenters. The minimum atomic E-state index is 0.190. The van der Waals surface area contributed by atoms with Crippen LogP contribution >= 0.6 is 11.3 Å². The van der Waals surface area contributed by atoms with Gasteiger partial charge in [-0.25, -0.2) is 4.98 Å². The molecule has 1 aromatic heterocycles. The fourth-order valence-electron chi connectivity index (χ4n) is 2.23. The van der Waals surface area contributed by atoms with E-state index in [1.54, 1.807) is 18.4 Å². The summed E-state index contributed by atoms with van der Waals surface area (Å²) in [7, 11) is 6.00. The Labute approximate surface area is 132 Å². The van der Waals surface area contributed by atoms with Crippen molar-refractivity contribution in [2.75, 3.05) is 34.2 Å². The first-order chi connectivity index (χ1) is 9.73. The van der Waals surface area contributed by atoms with Gasteiger partial charge in [0.05, 0.1) is 12.2 Å². The molecule has 5 nitrogen and oxygen atoms in total. The Morgan fingerprint density at radius 3 is 2.43 bits per heavy atom. The third kappa shape index (κ3) is 6.44. The molecule has 0 aliphatic rings. The summed E-state index contributed by atoms with van der Waals surface area (Å²) in [6.07, 6.45) is 0. The summed E-state index contributed by atoms with van der Waals surface area (Å²) in [5, 5.41) is 7.82. The van der Waals surface area contributed by atoms with E-state index in [4.69, 9.17) is 0 Å². The number of aryl methyl sites for hydroxylation is 2. The molecule has 0 aliphatic heterocycles. The summed E-state index contributed by atoms with van der Waals surface area (Å²) in [5.74, 6) is 0.826. The molecule has 0 radical (unpaired) electrons. The largest absolute Gasteiger partial charge is 0.356 e. The maximum absolute atomic E-state index is 4.53. The molecule has 0 unspecified atom stereocenters. The summed E-state index contributed by atoms with van der Waals surface area (Å²) in [4.78, 5) is 12.3. The standard InChI is InChI=1S/C15H29N5S/c1-11-12(2)21-13(19-11)8-17-14(16-5)18-9-15(3,4)10-20(6)7/h8-10H2,1-7H3,(H2,16,17,18). The van der Waals surface area contributed by atoms with Crippen molar-refractivity contribution in [2.45, 2.75) is 34.2 Å². The monoisotopic (exact) mass is 311 g/mol. The van der Waals surface area contributed by atoms with E-state index in [1.807, 2.05) is 6.92 Å². The topological polar surface area (TPSA) is 52.6 Å². The lowest BCUT2D eigenvalue weighted by Crippen LogP contribution is -2.44. The first-order valence-corrected chi connectivity index (χ1v) is 8.07. The SMILES string of the molecule is CN=C(NCc1nc(C)c(C)s1)NCC(C)(C)CN(C)C. The van der Waals surface area contributed by atoms with Crippen molar-refractivity contribution in [3.63, 3.8) is 0 Å². The van der Waals surface area contributed by atoms with Crippen molar-refractivity contribution >= 4 is 17.3 Å². The van der Waals surface area contributed by atoms with Gasteiger partial charge in [-0.15, -0.1) is 11.3 Å². The number of thiazole rings is 1. The van der Waals surface area contributed by atoms with Gasteiger partial charge in [0.2, 0.25) is 0 Å². The van der Waals surface area contributed by atoms with Crippen LogP contribution in [0.5, 0.6) is 0 Å². The zero-order chi connectivity index (χ0) is 16.0. The van der Waals surface area contributed by atoms with Gasteiger partial charge in [-0.05, 0) is 33.4 Å². The Bertz CT molecular complexity index is 457. The molecule has 0 aromatic carbocycles. The van der Waals surface area contributed by atoms with Gasteiger partial charge in [0.1, 0.15) is 5.01 Å². The van der Waals surface area contributed by atoms with Crippen LogP contribution in [0.4, 0.5) is 0 Å². The van der Waals surface area contributed by atoms with E-state index in [0.717, 1.165) is 29.8 Å². The smallest absolute Gasteiger partial charge is 0.191 e. The highest BCUT2D eigenvalue weighted by Crippen LogP contribution is 2.16. The second-order valence-corrected chi connectivity index (χ2v) is 7.72. The van der Waals surface area contributed by atoms with Crippen LogP contribution < -0.4 is 10.6 Å². The van der Waals surface area contributed by atoms with Crippen molar-refractivity contribution in [2.24, 2.45) is 10.4 Å². The normalized spacial score (nSPS) is 12.9. The lowest BCUT2D eigenvalue weighted by molar-refractivity contribution is 0.241.